The largest absolute Gasteiger partial charge is 0.598 e. The van der Waals surface area contributed by atoms with Crippen molar-refractivity contribution in [1.82, 2.24) is 14.5 Å². The predicted octanol–water partition coefficient (Wildman–Crippen LogP) is 4.28. The summed E-state index contributed by atoms with van der Waals surface area (Å²) < 4.78 is 18.6. The number of thiophene rings is 1. The first-order valence-electron chi connectivity index (χ1n) is 8.09. The summed E-state index contributed by atoms with van der Waals surface area (Å²) in [5.74, 6) is 0.552. The zero-order chi connectivity index (χ0) is 18.2. The van der Waals surface area contributed by atoms with Crippen LogP contribution in [0.2, 0.25) is 0 Å². The molecule has 0 aliphatic heterocycles. The van der Waals surface area contributed by atoms with Crippen LogP contribution in [0.25, 0.3) is 15.9 Å². The molecule has 2 aromatic heterocycles. The zero-order valence-corrected chi connectivity index (χ0v) is 17.3. The molecule has 0 bridgehead atoms. The number of hydrogen-bond acceptors (Lipinski definition) is 5. The van der Waals surface area contributed by atoms with Gasteiger partial charge in [0.2, 0.25) is 0 Å². The number of benzene rings is 1. The normalized spacial score (nSPS) is 16.1. The Hall–Kier alpha value is -0.990. The van der Waals surface area contributed by atoms with Gasteiger partial charge < -0.3 is 4.55 Å². The van der Waals surface area contributed by atoms with Crippen LogP contribution in [0.4, 0.5) is 0 Å². The summed E-state index contributed by atoms with van der Waals surface area (Å²) in [5, 5.41) is 4.50. The lowest BCUT2D eigenvalue weighted by Gasteiger charge is -2.33. The minimum Gasteiger partial charge on any atom is -0.598 e. The van der Waals surface area contributed by atoms with E-state index in [1.54, 1.807) is 11.3 Å². The molecule has 0 spiro atoms. The Morgan fingerprint density at radius 1 is 1.24 bits per heavy atom. The van der Waals surface area contributed by atoms with Crippen molar-refractivity contribution in [3.05, 3.63) is 47.5 Å². The highest BCUT2D eigenvalue weighted by Gasteiger charge is 2.37. The van der Waals surface area contributed by atoms with Gasteiger partial charge in [0.1, 0.15) is 10.3 Å². The Bertz CT molecular complexity index is 853. The van der Waals surface area contributed by atoms with E-state index in [4.69, 9.17) is 0 Å². The first kappa shape index (κ1) is 18.8. The number of para-hydroxylation sites is 1. The van der Waals surface area contributed by atoms with Gasteiger partial charge in [-0.1, -0.05) is 18.2 Å². The molecule has 0 unspecified atom stereocenters. The predicted molar refractivity (Wildman–Crippen MR) is 111 cm³/mol. The standard InChI is InChI=1S/C18H23N3OS3/c1-17(2,3)25(22)20-18(4,12-23)16-10-14-15(24-16)11-19-21(14)13-8-6-5-7-9-13/h5-11,20,23H,12H2,1-4H3/t18-,25+/m0/s1. The lowest BCUT2D eigenvalue weighted by molar-refractivity contribution is 0.470. The summed E-state index contributed by atoms with van der Waals surface area (Å²) in [4.78, 5) is 1.11. The van der Waals surface area contributed by atoms with E-state index in [-0.39, 0.29) is 4.75 Å². The number of fused-ring (bicyclic) bond motifs is 1. The average Bonchev–Trinajstić information content (AvgIpc) is 3.15. The minimum atomic E-state index is -1.17. The SMILES string of the molecule is CC(C)(C)[S@@+]([O-])N[C@@](C)(CS)c1cc2c(cnn2-c2ccccc2)s1. The molecule has 1 aromatic carbocycles. The summed E-state index contributed by atoms with van der Waals surface area (Å²) >= 11 is 5.02. The van der Waals surface area contributed by atoms with Crippen LogP contribution in [0, 0.1) is 0 Å². The van der Waals surface area contributed by atoms with Gasteiger partial charge >= 0.3 is 0 Å². The van der Waals surface area contributed by atoms with Crippen LogP contribution < -0.4 is 4.72 Å². The molecule has 0 aliphatic carbocycles. The molecular weight excluding hydrogens is 370 g/mol. The van der Waals surface area contributed by atoms with Gasteiger partial charge in [0, 0.05) is 22.0 Å². The molecule has 1 N–H and O–H groups in total. The molecule has 0 aliphatic rings. The second-order valence-corrected chi connectivity index (χ2v) is 10.6. The number of aromatic nitrogens is 2. The molecule has 2 heterocycles. The monoisotopic (exact) mass is 393 g/mol. The van der Waals surface area contributed by atoms with Crippen molar-refractivity contribution in [3.8, 4) is 5.69 Å². The first-order chi connectivity index (χ1) is 11.7. The lowest BCUT2D eigenvalue weighted by atomic mass is 10.1. The molecule has 25 heavy (non-hydrogen) atoms. The van der Waals surface area contributed by atoms with E-state index in [1.807, 2.05) is 62.0 Å². The summed E-state index contributed by atoms with van der Waals surface area (Å²) in [6.07, 6.45) is 1.89. The number of thiol groups is 1. The first-order valence-corrected chi connectivity index (χ1v) is 10.7. The third-order valence-corrected chi connectivity index (χ3v) is 7.70. The van der Waals surface area contributed by atoms with E-state index in [1.165, 1.54) is 0 Å². The van der Waals surface area contributed by atoms with Gasteiger partial charge in [0.15, 0.2) is 0 Å². The van der Waals surface area contributed by atoms with Gasteiger partial charge in [-0.3, -0.25) is 0 Å². The molecule has 2 atom stereocenters. The molecule has 0 saturated carbocycles. The Labute approximate surface area is 161 Å². The Morgan fingerprint density at radius 2 is 1.92 bits per heavy atom. The smallest absolute Gasteiger partial charge is 0.136 e. The molecule has 0 fully saturated rings. The van der Waals surface area contributed by atoms with E-state index < -0.39 is 16.9 Å². The highest BCUT2D eigenvalue weighted by atomic mass is 32.2. The van der Waals surface area contributed by atoms with E-state index in [0.29, 0.717) is 5.75 Å². The number of hydrogen-bond donors (Lipinski definition) is 2. The van der Waals surface area contributed by atoms with Gasteiger partial charge in [0.25, 0.3) is 0 Å². The quantitative estimate of drug-likeness (QED) is 0.502. The number of nitrogens with one attached hydrogen (secondary N) is 1. The van der Waals surface area contributed by atoms with Crippen LogP contribution >= 0.6 is 24.0 Å². The highest BCUT2D eigenvalue weighted by Crippen LogP contribution is 2.36. The van der Waals surface area contributed by atoms with Crippen molar-refractivity contribution >= 4 is 45.5 Å². The van der Waals surface area contributed by atoms with Crippen molar-refractivity contribution in [2.45, 2.75) is 38.0 Å². The fourth-order valence-electron chi connectivity index (χ4n) is 2.39. The van der Waals surface area contributed by atoms with Crippen molar-refractivity contribution in [3.63, 3.8) is 0 Å². The molecule has 4 nitrogen and oxygen atoms in total. The minimum absolute atomic E-state index is 0.332. The molecule has 7 heteroatoms. The Balaban J connectivity index is 1.99. The van der Waals surface area contributed by atoms with Crippen molar-refractivity contribution in [2.24, 2.45) is 0 Å². The molecule has 3 aromatic rings. The Kier molecular flexibility index (Phi) is 5.23. The van der Waals surface area contributed by atoms with Crippen LogP contribution in [0.3, 0.4) is 0 Å². The van der Waals surface area contributed by atoms with Crippen LogP contribution in [0.15, 0.2) is 42.6 Å². The highest BCUT2D eigenvalue weighted by molar-refractivity contribution is 7.90. The third kappa shape index (κ3) is 3.75. The van der Waals surface area contributed by atoms with E-state index >= 15 is 0 Å². The Morgan fingerprint density at radius 3 is 2.52 bits per heavy atom. The molecule has 0 radical (unpaired) electrons. The molecular formula is C18H23N3OS3. The van der Waals surface area contributed by atoms with Crippen molar-refractivity contribution < 1.29 is 4.55 Å². The van der Waals surface area contributed by atoms with Crippen LogP contribution in [0.1, 0.15) is 32.6 Å². The second-order valence-electron chi connectivity index (χ2n) is 7.23. The van der Waals surface area contributed by atoms with Gasteiger partial charge in [-0.05, 0) is 45.9 Å². The van der Waals surface area contributed by atoms with E-state index in [0.717, 1.165) is 20.8 Å². The molecule has 3 rings (SSSR count). The number of nitrogens with zero attached hydrogens (tertiary/aromatic N) is 2. The van der Waals surface area contributed by atoms with Gasteiger partial charge in [-0.2, -0.15) is 17.7 Å². The van der Waals surface area contributed by atoms with E-state index in [9.17, 15) is 4.55 Å². The van der Waals surface area contributed by atoms with Crippen LogP contribution in [-0.4, -0.2) is 24.8 Å². The van der Waals surface area contributed by atoms with Gasteiger partial charge in [-0.25, -0.2) is 4.68 Å². The maximum atomic E-state index is 12.6. The molecule has 134 valence electrons. The fraction of sp³-hybridized carbons (Fsp3) is 0.389. The maximum absolute atomic E-state index is 12.6. The van der Waals surface area contributed by atoms with Crippen LogP contribution in [0.5, 0.6) is 0 Å². The van der Waals surface area contributed by atoms with Gasteiger partial charge in [-0.15, -0.1) is 16.1 Å². The zero-order valence-electron chi connectivity index (χ0n) is 14.8. The molecule has 0 saturated heterocycles. The topological polar surface area (TPSA) is 52.9 Å². The van der Waals surface area contributed by atoms with Crippen LogP contribution in [-0.2, 0) is 16.9 Å². The van der Waals surface area contributed by atoms with Crippen molar-refractivity contribution in [2.75, 3.05) is 5.75 Å². The summed E-state index contributed by atoms with van der Waals surface area (Å²) in [5.41, 5.74) is 1.62. The fourth-order valence-corrected chi connectivity index (χ4v) is 4.92. The van der Waals surface area contributed by atoms with Crippen molar-refractivity contribution in [1.29, 1.82) is 0 Å². The van der Waals surface area contributed by atoms with E-state index in [2.05, 4.69) is 35.4 Å². The summed E-state index contributed by atoms with van der Waals surface area (Å²) in [7, 11) is 0. The maximum Gasteiger partial charge on any atom is 0.136 e. The average molecular weight is 394 g/mol. The second kappa shape index (κ2) is 6.96. The third-order valence-electron chi connectivity index (χ3n) is 3.99. The van der Waals surface area contributed by atoms with Gasteiger partial charge in [0.05, 0.1) is 22.1 Å². The molecule has 0 amide bonds. The number of rotatable bonds is 5. The summed E-state index contributed by atoms with van der Waals surface area (Å²) in [6, 6.07) is 12.2. The lowest BCUT2D eigenvalue weighted by Crippen LogP contribution is -2.50. The summed E-state index contributed by atoms with van der Waals surface area (Å²) in [6.45, 7) is 7.95.